The van der Waals surface area contributed by atoms with Gasteiger partial charge in [-0.05, 0) is 36.1 Å². The first-order valence-electron chi connectivity index (χ1n) is 7.80. The molecule has 3 aromatic rings. The monoisotopic (exact) mass is 433 g/mol. The molecule has 3 rings (SSSR count). The van der Waals surface area contributed by atoms with Crippen LogP contribution in [0.15, 0.2) is 70.0 Å². The number of halogens is 1. The smallest absolute Gasteiger partial charge is 0.324 e. The highest BCUT2D eigenvalue weighted by Crippen LogP contribution is 2.37. The standard InChI is InChI=1S/C19H16BrNO4S/c1-13-11-17(20)15-9-5-6-10-16(15)19(13)21(12-18(22)23)26(24,25)14-7-3-2-4-8-14/h2-11H,12H2,1H3,(H,22,23). The lowest BCUT2D eigenvalue weighted by Gasteiger charge is -2.26. The number of carboxylic acid groups (broad SMARTS) is 1. The predicted octanol–water partition coefficient (Wildman–Crippen LogP) is 4.19. The zero-order valence-corrected chi connectivity index (χ0v) is 16.3. The van der Waals surface area contributed by atoms with Crippen LogP contribution in [-0.2, 0) is 14.8 Å². The molecule has 0 spiro atoms. The molecule has 0 aliphatic heterocycles. The molecular weight excluding hydrogens is 418 g/mol. The van der Waals surface area contributed by atoms with Gasteiger partial charge in [-0.15, -0.1) is 0 Å². The van der Waals surface area contributed by atoms with Gasteiger partial charge in [-0.3, -0.25) is 9.10 Å². The number of carbonyl (C=O) groups is 1. The number of rotatable bonds is 5. The van der Waals surface area contributed by atoms with Crippen LogP contribution >= 0.6 is 15.9 Å². The van der Waals surface area contributed by atoms with Gasteiger partial charge in [0.1, 0.15) is 6.54 Å². The summed E-state index contributed by atoms with van der Waals surface area (Å²) in [6, 6.07) is 16.9. The summed E-state index contributed by atoms with van der Waals surface area (Å²) in [7, 11) is -4.04. The molecule has 0 aliphatic carbocycles. The van der Waals surface area contributed by atoms with E-state index in [0.29, 0.717) is 16.6 Å². The maximum absolute atomic E-state index is 13.2. The third kappa shape index (κ3) is 3.32. The van der Waals surface area contributed by atoms with Crippen molar-refractivity contribution in [3.8, 4) is 0 Å². The Morgan fingerprint density at radius 3 is 2.23 bits per heavy atom. The van der Waals surface area contributed by atoms with Gasteiger partial charge in [0.05, 0.1) is 10.6 Å². The number of nitrogens with zero attached hydrogens (tertiary/aromatic N) is 1. The second kappa shape index (κ2) is 7.09. The van der Waals surface area contributed by atoms with E-state index in [1.54, 1.807) is 43.3 Å². The van der Waals surface area contributed by atoms with E-state index in [1.165, 1.54) is 12.1 Å². The number of aliphatic carboxylic acids is 1. The number of hydrogen-bond donors (Lipinski definition) is 1. The third-order valence-corrected chi connectivity index (χ3v) is 6.43. The van der Waals surface area contributed by atoms with Crippen molar-refractivity contribution in [3.63, 3.8) is 0 Å². The van der Waals surface area contributed by atoms with Gasteiger partial charge in [0, 0.05) is 9.86 Å². The normalized spacial score (nSPS) is 11.5. The number of benzene rings is 3. The van der Waals surface area contributed by atoms with Crippen molar-refractivity contribution in [2.24, 2.45) is 0 Å². The Kier molecular flexibility index (Phi) is 5.02. The molecule has 0 aliphatic rings. The van der Waals surface area contributed by atoms with E-state index in [4.69, 9.17) is 0 Å². The van der Waals surface area contributed by atoms with Gasteiger partial charge >= 0.3 is 5.97 Å². The topological polar surface area (TPSA) is 74.7 Å². The Hall–Kier alpha value is -2.38. The minimum absolute atomic E-state index is 0.0487. The van der Waals surface area contributed by atoms with E-state index in [0.717, 1.165) is 14.2 Å². The Balaban J connectivity index is 2.32. The van der Waals surface area contributed by atoms with Crippen molar-refractivity contribution in [1.29, 1.82) is 0 Å². The summed E-state index contributed by atoms with van der Waals surface area (Å²) in [4.78, 5) is 11.5. The van der Waals surface area contributed by atoms with Gasteiger partial charge in [-0.1, -0.05) is 58.4 Å². The number of anilines is 1. The van der Waals surface area contributed by atoms with Crippen LogP contribution in [0.1, 0.15) is 5.56 Å². The first-order valence-corrected chi connectivity index (χ1v) is 10.0. The highest BCUT2D eigenvalue weighted by molar-refractivity contribution is 9.10. The van der Waals surface area contributed by atoms with E-state index in [1.807, 2.05) is 12.1 Å². The number of sulfonamides is 1. The summed E-state index contributed by atoms with van der Waals surface area (Å²) in [5, 5.41) is 10.8. The molecule has 0 amide bonds. The van der Waals surface area contributed by atoms with E-state index in [9.17, 15) is 18.3 Å². The van der Waals surface area contributed by atoms with E-state index in [2.05, 4.69) is 15.9 Å². The SMILES string of the molecule is Cc1cc(Br)c2ccccc2c1N(CC(=O)O)S(=O)(=O)c1ccccc1. The number of carboxylic acids is 1. The lowest BCUT2D eigenvalue weighted by molar-refractivity contribution is -0.135. The summed E-state index contributed by atoms with van der Waals surface area (Å²) in [5.41, 5.74) is 1.03. The lowest BCUT2D eigenvalue weighted by atomic mass is 10.0. The van der Waals surface area contributed by atoms with Crippen LogP contribution in [-0.4, -0.2) is 26.0 Å². The van der Waals surface area contributed by atoms with Crippen LogP contribution in [0.25, 0.3) is 10.8 Å². The van der Waals surface area contributed by atoms with E-state index < -0.39 is 22.5 Å². The molecule has 0 atom stereocenters. The van der Waals surface area contributed by atoms with Crippen molar-refractivity contribution in [2.75, 3.05) is 10.8 Å². The number of fused-ring (bicyclic) bond motifs is 1. The van der Waals surface area contributed by atoms with Crippen LogP contribution in [0, 0.1) is 6.92 Å². The van der Waals surface area contributed by atoms with Crippen LogP contribution in [0.2, 0.25) is 0 Å². The summed E-state index contributed by atoms with van der Waals surface area (Å²) in [5.74, 6) is -1.23. The fourth-order valence-corrected chi connectivity index (χ4v) is 5.11. The van der Waals surface area contributed by atoms with Crippen molar-refractivity contribution >= 4 is 48.4 Å². The van der Waals surface area contributed by atoms with Gasteiger partial charge in [0.25, 0.3) is 10.0 Å². The molecule has 0 radical (unpaired) electrons. The zero-order valence-electron chi connectivity index (χ0n) is 13.9. The zero-order chi connectivity index (χ0) is 18.9. The largest absolute Gasteiger partial charge is 0.480 e. The molecule has 1 N–H and O–H groups in total. The summed E-state index contributed by atoms with van der Waals surface area (Å²) in [6.07, 6.45) is 0. The molecular formula is C19H16BrNO4S. The Morgan fingerprint density at radius 1 is 1.04 bits per heavy atom. The fraction of sp³-hybridized carbons (Fsp3) is 0.105. The minimum atomic E-state index is -4.04. The average Bonchev–Trinajstić information content (AvgIpc) is 2.61. The average molecular weight is 434 g/mol. The van der Waals surface area contributed by atoms with Crippen LogP contribution < -0.4 is 4.31 Å². The molecule has 0 heterocycles. The van der Waals surface area contributed by atoms with Crippen LogP contribution in [0.5, 0.6) is 0 Å². The second-order valence-electron chi connectivity index (χ2n) is 5.79. The maximum atomic E-state index is 13.2. The predicted molar refractivity (Wildman–Crippen MR) is 105 cm³/mol. The van der Waals surface area contributed by atoms with Crippen molar-refractivity contribution in [1.82, 2.24) is 0 Å². The van der Waals surface area contributed by atoms with Gasteiger partial charge in [-0.25, -0.2) is 8.42 Å². The number of hydrogen-bond acceptors (Lipinski definition) is 3. The molecule has 0 fully saturated rings. The molecule has 26 heavy (non-hydrogen) atoms. The molecule has 0 bridgehead atoms. The molecule has 0 saturated carbocycles. The van der Waals surface area contributed by atoms with Gasteiger partial charge < -0.3 is 5.11 Å². The minimum Gasteiger partial charge on any atom is -0.480 e. The summed E-state index contributed by atoms with van der Waals surface area (Å²) >= 11 is 3.49. The lowest BCUT2D eigenvalue weighted by Crippen LogP contribution is -2.36. The molecule has 7 heteroatoms. The Morgan fingerprint density at radius 2 is 1.62 bits per heavy atom. The fourth-order valence-electron chi connectivity index (χ4n) is 2.90. The highest BCUT2D eigenvalue weighted by atomic mass is 79.9. The summed E-state index contributed by atoms with van der Waals surface area (Å²) in [6.45, 7) is 1.10. The Bertz CT molecular complexity index is 1080. The third-order valence-electron chi connectivity index (χ3n) is 4.02. The molecule has 134 valence electrons. The van der Waals surface area contributed by atoms with Crippen molar-refractivity contribution in [3.05, 3.63) is 70.7 Å². The molecule has 0 unspecified atom stereocenters. The van der Waals surface area contributed by atoms with Crippen molar-refractivity contribution in [2.45, 2.75) is 11.8 Å². The Labute approximate surface area is 160 Å². The highest BCUT2D eigenvalue weighted by Gasteiger charge is 2.29. The first-order chi connectivity index (χ1) is 12.3. The molecule has 5 nitrogen and oxygen atoms in total. The second-order valence-corrected chi connectivity index (χ2v) is 8.50. The number of aryl methyl sites for hydroxylation is 1. The van der Waals surface area contributed by atoms with E-state index in [-0.39, 0.29) is 4.90 Å². The van der Waals surface area contributed by atoms with Gasteiger partial charge in [-0.2, -0.15) is 0 Å². The van der Waals surface area contributed by atoms with Gasteiger partial charge in [0.15, 0.2) is 0 Å². The van der Waals surface area contributed by atoms with Gasteiger partial charge in [0.2, 0.25) is 0 Å². The maximum Gasteiger partial charge on any atom is 0.324 e. The molecule has 0 saturated heterocycles. The van der Waals surface area contributed by atoms with E-state index >= 15 is 0 Å². The van der Waals surface area contributed by atoms with Crippen molar-refractivity contribution < 1.29 is 18.3 Å². The van der Waals surface area contributed by atoms with Crippen LogP contribution in [0.3, 0.4) is 0 Å². The molecule has 3 aromatic carbocycles. The first kappa shape index (κ1) is 18.4. The summed E-state index contributed by atoms with van der Waals surface area (Å²) < 4.78 is 28.2. The molecule has 0 aromatic heterocycles. The van der Waals surface area contributed by atoms with Crippen LogP contribution in [0.4, 0.5) is 5.69 Å². The quantitative estimate of drug-likeness (QED) is 0.654.